The summed E-state index contributed by atoms with van der Waals surface area (Å²) in [5.74, 6) is 0. The van der Waals surface area contributed by atoms with Crippen molar-refractivity contribution in [2.24, 2.45) is 10.7 Å². The van der Waals surface area contributed by atoms with Crippen molar-refractivity contribution in [1.82, 2.24) is 4.98 Å². The maximum Gasteiger partial charge on any atom is 0.177 e. The molecule has 108 valence electrons. The van der Waals surface area contributed by atoms with Gasteiger partial charge in [0.2, 0.25) is 0 Å². The maximum atomic E-state index is 8.81. The van der Waals surface area contributed by atoms with Crippen molar-refractivity contribution in [3.8, 4) is 6.07 Å². The molecule has 1 unspecified atom stereocenters. The van der Waals surface area contributed by atoms with Gasteiger partial charge in [-0.2, -0.15) is 5.26 Å². The number of para-hydroxylation sites is 1. The molecule has 1 aliphatic rings. The highest BCUT2D eigenvalue weighted by molar-refractivity contribution is 6.13. The first-order valence-corrected chi connectivity index (χ1v) is 6.69. The van der Waals surface area contributed by atoms with Gasteiger partial charge >= 0.3 is 0 Å². The largest absolute Gasteiger partial charge is 0.398 e. The quantitative estimate of drug-likeness (QED) is 0.819. The molecule has 0 saturated heterocycles. The molecule has 1 aromatic carbocycles. The van der Waals surface area contributed by atoms with Crippen LogP contribution in [0.4, 0.5) is 11.4 Å². The predicted molar refractivity (Wildman–Crippen MR) is 86.7 cm³/mol. The fourth-order valence-corrected chi connectivity index (χ4v) is 2.22. The lowest BCUT2D eigenvalue weighted by atomic mass is 10.0. The number of rotatable bonds is 2. The fraction of sp³-hybridized carbons (Fsp3) is 0.0625. The summed E-state index contributed by atoms with van der Waals surface area (Å²) in [5.41, 5.74) is 15.6. The van der Waals surface area contributed by atoms with Gasteiger partial charge in [-0.25, -0.2) is 4.98 Å². The first-order valence-electron chi connectivity index (χ1n) is 6.69. The highest BCUT2D eigenvalue weighted by atomic mass is 15.3. The molecule has 2 heterocycles. The molecule has 3 rings (SSSR count). The minimum atomic E-state index is -0.538. The van der Waals surface area contributed by atoms with Crippen LogP contribution in [0.5, 0.6) is 0 Å². The number of allylic oxidation sites excluding steroid dienone is 1. The highest BCUT2D eigenvalue weighted by Gasteiger charge is 2.18. The Hall–Kier alpha value is -3.17. The lowest BCUT2D eigenvalue weighted by molar-refractivity contribution is 0.711. The van der Waals surface area contributed by atoms with Crippen LogP contribution in [0.3, 0.4) is 0 Å². The summed E-state index contributed by atoms with van der Waals surface area (Å²) in [6.45, 7) is 0. The number of nitrogen functional groups attached to an aromatic ring is 1. The number of nitrogens with two attached hydrogens (primary N) is 2. The maximum absolute atomic E-state index is 8.81. The number of benzene rings is 1. The molecule has 6 heteroatoms. The molecule has 0 bridgehead atoms. The predicted octanol–water partition coefficient (Wildman–Crippen LogP) is 1.71. The van der Waals surface area contributed by atoms with Crippen molar-refractivity contribution in [3.05, 3.63) is 60.1 Å². The second-order valence-electron chi connectivity index (χ2n) is 4.78. The van der Waals surface area contributed by atoms with Crippen molar-refractivity contribution >= 4 is 23.2 Å². The molecule has 1 aromatic heterocycles. The van der Waals surface area contributed by atoms with Gasteiger partial charge in [-0.1, -0.05) is 18.2 Å². The Balaban J connectivity index is 1.99. The third kappa shape index (κ3) is 2.53. The molecule has 0 saturated carbocycles. The number of nitrogens with zero attached hydrogens (tertiary/aromatic N) is 4. The number of anilines is 2. The van der Waals surface area contributed by atoms with E-state index >= 15 is 0 Å². The van der Waals surface area contributed by atoms with E-state index in [1.807, 2.05) is 36.5 Å². The average Bonchev–Trinajstić information content (AvgIpc) is 2.56. The van der Waals surface area contributed by atoms with Gasteiger partial charge in [-0.3, -0.25) is 10.7 Å². The number of nitriles is 1. The van der Waals surface area contributed by atoms with Crippen LogP contribution in [0, 0.1) is 11.3 Å². The molecule has 0 amide bonds. The molecule has 1 atom stereocenters. The Kier molecular flexibility index (Phi) is 3.56. The Morgan fingerprint density at radius 2 is 2.00 bits per heavy atom. The van der Waals surface area contributed by atoms with E-state index in [0.717, 1.165) is 16.8 Å². The van der Waals surface area contributed by atoms with Gasteiger partial charge in [0, 0.05) is 29.2 Å². The van der Waals surface area contributed by atoms with Crippen LogP contribution in [-0.2, 0) is 0 Å². The van der Waals surface area contributed by atoms with Gasteiger partial charge in [-0.05, 0) is 18.2 Å². The number of aromatic nitrogens is 1. The monoisotopic (exact) mass is 290 g/mol. The number of pyridine rings is 1. The molecule has 22 heavy (non-hydrogen) atoms. The molecular weight excluding hydrogens is 276 g/mol. The Morgan fingerprint density at radius 1 is 1.18 bits per heavy atom. The molecule has 4 N–H and O–H groups in total. The van der Waals surface area contributed by atoms with Crippen molar-refractivity contribution in [2.45, 2.75) is 6.29 Å². The summed E-state index contributed by atoms with van der Waals surface area (Å²) in [4.78, 5) is 10.1. The topological polar surface area (TPSA) is 104 Å². The zero-order valence-electron chi connectivity index (χ0n) is 11.7. The molecule has 1 aliphatic heterocycles. The second-order valence-corrected chi connectivity index (χ2v) is 4.78. The zero-order chi connectivity index (χ0) is 15.5. The van der Waals surface area contributed by atoms with Crippen LogP contribution < -0.4 is 16.4 Å². The lowest BCUT2D eigenvalue weighted by Gasteiger charge is -2.28. The molecular formula is C16H14N6. The van der Waals surface area contributed by atoms with Crippen molar-refractivity contribution < 1.29 is 0 Å². The summed E-state index contributed by atoms with van der Waals surface area (Å²) in [5, 5.41) is 8.81. The third-order valence-electron chi connectivity index (χ3n) is 3.36. The summed E-state index contributed by atoms with van der Waals surface area (Å²) < 4.78 is 0. The van der Waals surface area contributed by atoms with E-state index < -0.39 is 6.29 Å². The number of hydrogen-bond acceptors (Lipinski definition) is 6. The van der Waals surface area contributed by atoms with Crippen molar-refractivity contribution in [1.29, 1.82) is 5.26 Å². The van der Waals surface area contributed by atoms with Crippen molar-refractivity contribution in [3.63, 3.8) is 0 Å². The van der Waals surface area contributed by atoms with E-state index in [1.165, 1.54) is 0 Å². The summed E-state index contributed by atoms with van der Waals surface area (Å²) in [6, 6.07) is 13.0. The minimum absolute atomic E-state index is 0.356. The first-order chi connectivity index (χ1) is 10.7. The van der Waals surface area contributed by atoms with Crippen LogP contribution in [0.2, 0.25) is 0 Å². The third-order valence-corrected chi connectivity index (χ3v) is 3.36. The second kappa shape index (κ2) is 5.68. The highest BCUT2D eigenvalue weighted by Crippen LogP contribution is 2.26. The molecule has 0 radical (unpaired) electrons. The van der Waals surface area contributed by atoms with Crippen molar-refractivity contribution in [2.75, 3.05) is 10.6 Å². The van der Waals surface area contributed by atoms with Crippen LogP contribution in [0.1, 0.15) is 11.3 Å². The Labute approximate surface area is 128 Å². The van der Waals surface area contributed by atoms with E-state index in [1.54, 1.807) is 29.4 Å². The van der Waals surface area contributed by atoms with E-state index in [0.29, 0.717) is 11.4 Å². The SMILES string of the molecule is N#Cc1ccc(N2C=C(c3ccccc3N)C=NC2N)cn1. The molecule has 2 aromatic rings. The van der Waals surface area contributed by atoms with Crippen LogP contribution in [0.25, 0.3) is 5.57 Å². The van der Waals surface area contributed by atoms with Gasteiger partial charge in [0.25, 0.3) is 0 Å². The van der Waals surface area contributed by atoms with E-state index in [4.69, 9.17) is 16.7 Å². The minimum Gasteiger partial charge on any atom is -0.398 e. The van der Waals surface area contributed by atoms with Gasteiger partial charge < -0.3 is 10.6 Å². The first kappa shape index (κ1) is 13.8. The average molecular weight is 290 g/mol. The Morgan fingerprint density at radius 3 is 2.68 bits per heavy atom. The number of aliphatic imine (C=N–C) groups is 1. The molecule has 0 aliphatic carbocycles. The zero-order valence-corrected chi connectivity index (χ0v) is 11.7. The smallest absolute Gasteiger partial charge is 0.177 e. The fourth-order valence-electron chi connectivity index (χ4n) is 2.22. The Bertz CT molecular complexity index is 785. The van der Waals surface area contributed by atoms with Gasteiger partial charge in [-0.15, -0.1) is 0 Å². The molecule has 6 nitrogen and oxygen atoms in total. The normalized spacial score (nSPS) is 17.0. The van der Waals surface area contributed by atoms with E-state index in [2.05, 4.69) is 9.98 Å². The van der Waals surface area contributed by atoms with E-state index in [9.17, 15) is 0 Å². The molecule has 0 fully saturated rings. The lowest BCUT2D eigenvalue weighted by Crippen LogP contribution is -2.39. The van der Waals surface area contributed by atoms with Gasteiger partial charge in [0.1, 0.15) is 11.8 Å². The van der Waals surface area contributed by atoms with Crippen LogP contribution in [0.15, 0.2) is 53.8 Å². The standard InChI is InChI=1S/C16H14N6/c17-7-12-5-6-13(9-20-12)22-10-11(8-21-16(22)19)14-3-1-2-4-15(14)18/h1-6,8-10,16H,18-19H2. The van der Waals surface area contributed by atoms with Crippen LogP contribution in [-0.4, -0.2) is 17.5 Å². The van der Waals surface area contributed by atoms with Gasteiger partial charge in [0.05, 0.1) is 11.9 Å². The number of hydrogen-bond donors (Lipinski definition) is 2. The summed E-state index contributed by atoms with van der Waals surface area (Å²) >= 11 is 0. The summed E-state index contributed by atoms with van der Waals surface area (Å²) in [7, 11) is 0. The summed E-state index contributed by atoms with van der Waals surface area (Å²) in [6.07, 6.45) is 4.65. The van der Waals surface area contributed by atoms with E-state index in [-0.39, 0.29) is 0 Å². The van der Waals surface area contributed by atoms with Gasteiger partial charge in [0.15, 0.2) is 6.29 Å². The van der Waals surface area contributed by atoms with Crippen LogP contribution >= 0.6 is 0 Å². The molecule has 0 spiro atoms.